The van der Waals surface area contributed by atoms with Gasteiger partial charge in [-0.3, -0.25) is 0 Å². The molecule has 112 valence electrons. The molecule has 0 spiro atoms. The maximum atomic E-state index is 5.69. The molecule has 2 fully saturated rings. The predicted molar refractivity (Wildman–Crippen MR) is 80.5 cm³/mol. The smallest absolute Gasteiger partial charge is 0.0802 e. The largest absolute Gasteiger partial charge is 0.377 e. The van der Waals surface area contributed by atoms with Gasteiger partial charge in [-0.1, -0.05) is 6.92 Å². The Morgan fingerprint density at radius 2 is 2.00 bits per heavy atom. The number of hydrogen-bond acceptors (Lipinski definition) is 3. The highest BCUT2D eigenvalue weighted by molar-refractivity contribution is 4.93. The zero-order valence-corrected chi connectivity index (χ0v) is 13.1. The zero-order chi connectivity index (χ0) is 13.7. The summed E-state index contributed by atoms with van der Waals surface area (Å²) in [5.41, 5.74) is 0.164. The fourth-order valence-electron chi connectivity index (χ4n) is 3.53. The fourth-order valence-corrected chi connectivity index (χ4v) is 3.53. The third-order valence-electron chi connectivity index (χ3n) is 5.32. The highest BCUT2D eigenvalue weighted by Gasteiger charge is 2.37. The van der Waals surface area contributed by atoms with Gasteiger partial charge in [0.15, 0.2) is 0 Å². The van der Waals surface area contributed by atoms with Crippen molar-refractivity contribution < 1.29 is 4.74 Å². The first-order chi connectivity index (χ1) is 9.19. The number of nitrogens with one attached hydrogen (secondary N) is 1. The van der Waals surface area contributed by atoms with Crippen LogP contribution in [0.5, 0.6) is 0 Å². The molecular formula is C16H32N2O. The van der Waals surface area contributed by atoms with E-state index in [0.717, 1.165) is 12.5 Å². The van der Waals surface area contributed by atoms with Crippen LogP contribution in [0, 0.1) is 5.92 Å². The number of hydrogen-bond donors (Lipinski definition) is 1. The van der Waals surface area contributed by atoms with Crippen molar-refractivity contribution in [1.82, 2.24) is 10.2 Å². The van der Waals surface area contributed by atoms with E-state index in [9.17, 15) is 0 Å². The Morgan fingerprint density at radius 3 is 2.47 bits per heavy atom. The lowest BCUT2D eigenvalue weighted by Gasteiger charge is -2.42. The van der Waals surface area contributed by atoms with E-state index in [1.165, 1.54) is 58.2 Å². The molecule has 0 aromatic rings. The van der Waals surface area contributed by atoms with Gasteiger partial charge in [0, 0.05) is 19.7 Å². The molecule has 2 aliphatic rings. The summed E-state index contributed by atoms with van der Waals surface area (Å²) in [5, 5.41) is 3.75. The van der Waals surface area contributed by atoms with Crippen molar-refractivity contribution in [3.63, 3.8) is 0 Å². The van der Waals surface area contributed by atoms with Crippen molar-refractivity contribution in [3.05, 3.63) is 0 Å². The van der Waals surface area contributed by atoms with E-state index in [-0.39, 0.29) is 5.60 Å². The van der Waals surface area contributed by atoms with E-state index in [1.54, 1.807) is 0 Å². The molecule has 1 heterocycles. The highest BCUT2D eigenvalue weighted by Crippen LogP contribution is 2.34. The molecule has 1 saturated carbocycles. The average Bonchev–Trinajstić information content (AvgIpc) is 2.39. The molecule has 0 bridgehead atoms. The molecule has 1 saturated heterocycles. The van der Waals surface area contributed by atoms with E-state index >= 15 is 0 Å². The van der Waals surface area contributed by atoms with Gasteiger partial charge in [-0.15, -0.1) is 0 Å². The molecular weight excluding hydrogens is 236 g/mol. The molecule has 0 aromatic heterocycles. The van der Waals surface area contributed by atoms with Gasteiger partial charge in [0.1, 0.15) is 0 Å². The van der Waals surface area contributed by atoms with Crippen LogP contribution in [0.15, 0.2) is 0 Å². The van der Waals surface area contributed by atoms with E-state index in [4.69, 9.17) is 4.74 Å². The monoisotopic (exact) mass is 268 g/mol. The summed E-state index contributed by atoms with van der Waals surface area (Å²) in [5.74, 6) is 0.849. The Balaban J connectivity index is 1.68. The lowest BCUT2D eigenvalue weighted by atomic mass is 9.79. The number of nitrogens with zero attached hydrogens (tertiary/aromatic N) is 1. The van der Waals surface area contributed by atoms with Crippen LogP contribution in [0.3, 0.4) is 0 Å². The van der Waals surface area contributed by atoms with Crippen molar-refractivity contribution in [1.29, 1.82) is 0 Å². The molecule has 0 aromatic carbocycles. The normalized spacial score (nSPS) is 26.1. The summed E-state index contributed by atoms with van der Waals surface area (Å²) in [4.78, 5) is 2.62. The van der Waals surface area contributed by atoms with Gasteiger partial charge in [-0.05, 0) is 71.0 Å². The molecule has 1 aliphatic heterocycles. The fraction of sp³-hybridized carbons (Fsp3) is 1.00. The molecule has 1 atom stereocenters. The lowest BCUT2D eigenvalue weighted by Crippen LogP contribution is -2.52. The molecule has 19 heavy (non-hydrogen) atoms. The first-order valence-electron chi connectivity index (χ1n) is 8.20. The highest BCUT2D eigenvalue weighted by atomic mass is 16.5. The van der Waals surface area contributed by atoms with Crippen LogP contribution < -0.4 is 5.32 Å². The summed E-state index contributed by atoms with van der Waals surface area (Å²) in [6.45, 7) is 9.54. The second-order valence-electron chi connectivity index (χ2n) is 6.59. The van der Waals surface area contributed by atoms with Crippen molar-refractivity contribution in [2.45, 2.75) is 64.0 Å². The van der Waals surface area contributed by atoms with Crippen LogP contribution in [-0.2, 0) is 4.74 Å². The SMILES string of the molecule is CCCN1CCC(C(C)NCC2(OC)CCC2)CC1. The Bertz CT molecular complexity index is 252. The van der Waals surface area contributed by atoms with Crippen molar-refractivity contribution in [2.24, 2.45) is 5.92 Å². The Hall–Kier alpha value is -0.120. The maximum Gasteiger partial charge on any atom is 0.0802 e. The number of piperidine rings is 1. The van der Waals surface area contributed by atoms with Crippen molar-refractivity contribution in [3.8, 4) is 0 Å². The van der Waals surface area contributed by atoms with Crippen LogP contribution in [0.25, 0.3) is 0 Å². The maximum absolute atomic E-state index is 5.69. The summed E-state index contributed by atoms with van der Waals surface area (Å²) < 4.78 is 5.69. The molecule has 2 rings (SSSR count). The minimum absolute atomic E-state index is 0.164. The third-order valence-corrected chi connectivity index (χ3v) is 5.32. The van der Waals surface area contributed by atoms with Crippen LogP contribution in [0.4, 0.5) is 0 Å². The molecule has 0 amide bonds. The average molecular weight is 268 g/mol. The predicted octanol–water partition coefficient (Wildman–Crippen LogP) is 2.66. The molecule has 1 aliphatic carbocycles. The van der Waals surface area contributed by atoms with Gasteiger partial charge >= 0.3 is 0 Å². The number of methoxy groups -OCH3 is 1. The molecule has 1 unspecified atom stereocenters. The summed E-state index contributed by atoms with van der Waals surface area (Å²) >= 11 is 0. The second kappa shape index (κ2) is 7.05. The minimum Gasteiger partial charge on any atom is -0.377 e. The van der Waals surface area contributed by atoms with Gasteiger partial charge < -0.3 is 15.0 Å². The summed E-state index contributed by atoms with van der Waals surface area (Å²) in [7, 11) is 1.87. The first-order valence-corrected chi connectivity index (χ1v) is 8.20. The zero-order valence-electron chi connectivity index (χ0n) is 13.1. The Kier molecular flexibility index (Phi) is 5.67. The summed E-state index contributed by atoms with van der Waals surface area (Å²) in [6, 6.07) is 0.636. The van der Waals surface area contributed by atoms with E-state index in [1.807, 2.05) is 7.11 Å². The number of likely N-dealkylation sites (tertiary alicyclic amines) is 1. The lowest BCUT2D eigenvalue weighted by molar-refractivity contribution is -0.0718. The third kappa shape index (κ3) is 3.93. The van der Waals surface area contributed by atoms with Crippen LogP contribution >= 0.6 is 0 Å². The molecule has 3 nitrogen and oxygen atoms in total. The molecule has 0 radical (unpaired) electrons. The van der Waals surface area contributed by atoms with Gasteiger partial charge in [0.25, 0.3) is 0 Å². The van der Waals surface area contributed by atoms with Crippen LogP contribution in [0.2, 0.25) is 0 Å². The van der Waals surface area contributed by atoms with Crippen LogP contribution in [0.1, 0.15) is 52.4 Å². The number of ether oxygens (including phenoxy) is 1. The number of rotatable bonds is 7. The van der Waals surface area contributed by atoms with E-state index in [0.29, 0.717) is 6.04 Å². The first kappa shape index (κ1) is 15.3. The second-order valence-corrected chi connectivity index (χ2v) is 6.59. The van der Waals surface area contributed by atoms with Gasteiger partial charge in [0.2, 0.25) is 0 Å². The Morgan fingerprint density at radius 1 is 1.32 bits per heavy atom. The molecule has 3 heteroatoms. The standard InChI is InChI=1S/C16H32N2O/c1-4-10-18-11-6-15(7-12-18)14(2)17-13-16(19-3)8-5-9-16/h14-15,17H,4-13H2,1-3H3. The van der Waals surface area contributed by atoms with Crippen LogP contribution in [-0.4, -0.2) is 49.8 Å². The van der Waals surface area contributed by atoms with Crippen molar-refractivity contribution >= 4 is 0 Å². The van der Waals surface area contributed by atoms with E-state index < -0.39 is 0 Å². The van der Waals surface area contributed by atoms with Gasteiger partial charge in [-0.25, -0.2) is 0 Å². The van der Waals surface area contributed by atoms with E-state index in [2.05, 4.69) is 24.1 Å². The van der Waals surface area contributed by atoms with Crippen molar-refractivity contribution in [2.75, 3.05) is 33.3 Å². The Labute approximate surface area is 119 Å². The minimum atomic E-state index is 0.164. The summed E-state index contributed by atoms with van der Waals surface area (Å²) in [6.07, 6.45) is 7.80. The quantitative estimate of drug-likeness (QED) is 0.768. The van der Waals surface area contributed by atoms with Gasteiger partial charge in [0.05, 0.1) is 5.60 Å². The topological polar surface area (TPSA) is 24.5 Å². The van der Waals surface area contributed by atoms with Gasteiger partial charge in [-0.2, -0.15) is 0 Å². The molecule has 1 N–H and O–H groups in total.